The summed E-state index contributed by atoms with van der Waals surface area (Å²) in [5.74, 6) is -0.262. The van der Waals surface area contributed by atoms with Gasteiger partial charge in [0.25, 0.3) is 15.9 Å². The van der Waals surface area contributed by atoms with Gasteiger partial charge in [0.15, 0.2) is 0 Å². The van der Waals surface area contributed by atoms with Gasteiger partial charge in [-0.1, -0.05) is 54.1 Å². The van der Waals surface area contributed by atoms with Crippen LogP contribution in [0.5, 0.6) is 0 Å². The van der Waals surface area contributed by atoms with Gasteiger partial charge in [-0.25, -0.2) is 8.42 Å². The van der Waals surface area contributed by atoms with Gasteiger partial charge in [-0.3, -0.25) is 14.0 Å². The van der Waals surface area contributed by atoms with Crippen LogP contribution in [0.15, 0.2) is 83.8 Å². The molecular weight excluding hydrogens is 458 g/mol. The van der Waals surface area contributed by atoms with Crippen LogP contribution in [-0.4, -0.2) is 57.4 Å². The molecule has 6 nitrogen and oxygen atoms in total. The van der Waals surface area contributed by atoms with Crippen molar-refractivity contribution >= 4 is 33.2 Å². The molecule has 1 amide bonds. The lowest BCUT2D eigenvalue weighted by Crippen LogP contribution is -2.48. The van der Waals surface area contributed by atoms with Crippen LogP contribution in [0.4, 0.5) is 5.69 Å². The fourth-order valence-electron chi connectivity index (χ4n) is 3.92. The summed E-state index contributed by atoms with van der Waals surface area (Å²) in [7, 11) is -2.40. The van der Waals surface area contributed by atoms with Crippen LogP contribution in [0.1, 0.15) is 15.9 Å². The van der Waals surface area contributed by atoms with Crippen LogP contribution in [0.25, 0.3) is 0 Å². The summed E-state index contributed by atoms with van der Waals surface area (Å²) in [6, 6.07) is 23.0. The van der Waals surface area contributed by atoms with Crippen LogP contribution in [0.3, 0.4) is 0 Å². The Labute approximate surface area is 200 Å². The predicted molar refractivity (Wildman–Crippen MR) is 131 cm³/mol. The van der Waals surface area contributed by atoms with Crippen molar-refractivity contribution < 1.29 is 13.2 Å². The van der Waals surface area contributed by atoms with Gasteiger partial charge in [0.2, 0.25) is 0 Å². The third-order valence-electron chi connectivity index (χ3n) is 5.85. The monoisotopic (exact) mass is 483 g/mol. The number of anilines is 1. The van der Waals surface area contributed by atoms with E-state index in [-0.39, 0.29) is 16.4 Å². The molecule has 0 aromatic heterocycles. The minimum absolute atomic E-state index is 0.0185. The summed E-state index contributed by atoms with van der Waals surface area (Å²) >= 11 is 5.96. The SMILES string of the molecule is CN(c1ccccc1)S(=O)(=O)c1ccccc1C(=O)N1CCN(Cc2ccc(Cl)cc2)CC1. The first-order valence-corrected chi connectivity index (χ1v) is 12.6. The molecule has 0 N–H and O–H groups in total. The van der Waals surface area contributed by atoms with Crippen LogP contribution in [0, 0.1) is 0 Å². The maximum atomic E-state index is 13.4. The van der Waals surface area contributed by atoms with Gasteiger partial charge in [-0.15, -0.1) is 0 Å². The summed E-state index contributed by atoms with van der Waals surface area (Å²) in [6.45, 7) is 3.29. The van der Waals surface area contributed by atoms with Crippen LogP contribution in [0.2, 0.25) is 5.02 Å². The highest BCUT2D eigenvalue weighted by Crippen LogP contribution is 2.25. The van der Waals surface area contributed by atoms with Crippen molar-refractivity contribution in [2.75, 3.05) is 37.5 Å². The van der Waals surface area contributed by atoms with Crippen molar-refractivity contribution in [2.45, 2.75) is 11.4 Å². The third-order valence-corrected chi connectivity index (χ3v) is 7.95. The van der Waals surface area contributed by atoms with Crippen molar-refractivity contribution in [3.05, 3.63) is 95.0 Å². The molecular formula is C25H26ClN3O3S. The summed E-state index contributed by atoms with van der Waals surface area (Å²) in [5.41, 5.74) is 1.90. The number of sulfonamides is 1. The normalized spacial score (nSPS) is 14.8. The first-order valence-electron chi connectivity index (χ1n) is 10.8. The number of piperazine rings is 1. The number of halogens is 1. The fraction of sp³-hybridized carbons (Fsp3) is 0.240. The molecule has 0 unspecified atom stereocenters. The molecule has 8 heteroatoms. The fourth-order valence-corrected chi connectivity index (χ4v) is 5.42. The van der Waals surface area contributed by atoms with Crippen molar-refractivity contribution in [3.8, 4) is 0 Å². The number of amides is 1. The van der Waals surface area contributed by atoms with E-state index in [1.54, 1.807) is 47.4 Å². The number of rotatable bonds is 6. The lowest BCUT2D eigenvalue weighted by atomic mass is 10.1. The number of para-hydroxylation sites is 1. The Bertz CT molecular complexity index is 1210. The zero-order chi connectivity index (χ0) is 23.4. The van der Waals surface area contributed by atoms with E-state index < -0.39 is 10.0 Å². The number of carbonyl (C=O) groups is 1. The van der Waals surface area contributed by atoms with Gasteiger partial charge in [0.05, 0.1) is 11.3 Å². The van der Waals surface area contributed by atoms with Crippen LogP contribution < -0.4 is 4.31 Å². The van der Waals surface area contributed by atoms with E-state index in [0.717, 1.165) is 6.54 Å². The smallest absolute Gasteiger partial charge is 0.264 e. The Kier molecular flexibility index (Phi) is 7.02. The molecule has 0 aliphatic carbocycles. The number of benzene rings is 3. The van der Waals surface area contributed by atoms with Crippen molar-refractivity contribution in [1.29, 1.82) is 0 Å². The quantitative estimate of drug-likeness (QED) is 0.529. The number of nitrogens with zero attached hydrogens (tertiary/aromatic N) is 3. The minimum atomic E-state index is -3.90. The van der Waals surface area contributed by atoms with Gasteiger partial charge < -0.3 is 4.90 Å². The highest BCUT2D eigenvalue weighted by molar-refractivity contribution is 7.92. The molecule has 0 saturated carbocycles. The van der Waals surface area contributed by atoms with Crippen molar-refractivity contribution in [1.82, 2.24) is 9.80 Å². The average molecular weight is 484 g/mol. The maximum absolute atomic E-state index is 13.4. The molecule has 1 saturated heterocycles. The van der Waals surface area contributed by atoms with Gasteiger partial charge >= 0.3 is 0 Å². The Hall–Kier alpha value is -2.87. The molecule has 1 aliphatic rings. The Morgan fingerprint density at radius 1 is 0.879 bits per heavy atom. The molecule has 33 heavy (non-hydrogen) atoms. The number of hydrogen-bond donors (Lipinski definition) is 0. The molecule has 1 heterocycles. The van der Waals surface area contributed by atoms with Crippen molar-refractivity contribution in [2.24, 2.45) is 0 Å². The first kappa shape index (κ1) is 23.3. The molecule has 0 atom stereocenters. The first-order chi connectivity index (χ1) is 15.9. The Morgan fingerprint density at radius 3 is 2.15 bits per heavy atom. The standard InChI is InChI=1S/C25H26ClN3O3S/c1-27(22-7-3-2-4-8-22)33(31,32)24-10-6-5-9-23(24)25(30)29-17-15-28(16-18-29)19-20-11-13-21(26)14-12-20/h2-14H,15-19H2,1H3. The summed E-state index contributed by atoms with van der Waals surface area (Å²) in [5, 5.41) is 0.709. The van der Waals surface area contributed by atoms with E-state index in [1.807, 2.05) is 30.3 Å². The van der Waals surface area contributed by atoms with E-state index in [9.17, 15) is 13.2 Å². The molecule has 3 aromatic rings. The van der Waals surface area contributed by atoms with Gasteiger partial charge in [0.1, 0.15) is 4.90 Å². The highest BCUT2D eigenvalue weighted by atomic mass is 35.5. The Balaban J connectivity index is 1.48. The summed E-state index contributed by atoms with van der Waals surface area (Å²) < 4.78 is 27.9. The molecule has 4 rings (SSSR count). The number of hydrogen-bond acceptors (Lipinski definition) is 4. The second-order valence-electron chi connectivity index (χ2n) is 8.00. The molecule has 0 bridgehead atoms. The van der Waals surface area contributed by atoms with E-state index in [1.165, 1.54) is 23.0 Å². The summed E-state index contributed by atoms with van der Waals surface area (Å²) in [4.78, 5) is 17.4. The van der Waals surface area contributed by atoms with E-state index in [2.05, 4.69) is 4.90 Å². The molecule has 3 aromatic carbocycles. The van der Waals surface area contributed by atoms with Crippen LogP contribution in [-0.2, 0) is 16.6 Å². The van der Waals surface area contributed by atoms with Gasteiger partial charge in [0, 0.05) is 44.8 Å². The molecule has 1 fully saturated rings. The third kappa shape index (κ3) is 5.21. The van der Waals surface area contributed by atoms with E-state index in [4.69, 9.17) is 11.6 Å². The average Bonchev–Trinajstić information content (AvgIpc) is 2.85. The summed E-state index contributed by atoms with van der Waals surface area (Å²) in [6.07, 6.45) is 0. The van der Waals surface area contributed by atoms with Crippen LogP contribution >= 0.6 is 11.6 Å². The maximum Gasteiger partial charge on any atom is 0.264 e. The topological polar surface area (TPSA) is 60.9 Å². The molecule has 1 aliphatic heterocycles. The van der Waals surface area contributed by atoms with Crippen molar-refractivity contribution in [3.63, 3.8) is 0 Å². The van der Waals surface area contributed by atoms with Gasteiger partial charge in [-0.05, 0) is 42.0 Å². The largest absolute Gasteiger partial charge is 0.336 e. The zero-order valence-electron chi connectivity index (χ0n) is 18.4. The molecule has 172 valence electrons. The Morgan fingerprint density at radius 2 is 1.48 bits per heavy atom. The lowest BCUT2D eigenvalue weighted by Gasteiger charge is -2.35. The predicted octanol–water partition coefficient (Wildman–Crippen LogP) is 4.12. The lowest BCUT2D eigenvalue weighted by molar-refractivity contribution is 0.0624. The zero-order valence-corrected chi connectivity index (χ0v) is 20.0. The second kappa shape index (κ2) is 9.95. The van der Waals surface area contributed by atoms with E-state index >= 15 is 0 Å². The number of carbonyl (C=O) groups excluding carboxylic acids is 1. The van der Waals surface area contributed by atoms with Gasteiger partial charge in [-0.2, -0.15) is 0 Å². The molecule has 0 spiro atoms. The molecule has 0 radical (unpaired) electrons. The van der Waals surface area contributed by atoms with E-state index in [0.29, 0.717) is 36.9 Å². The minimum Gasteiger partial charge on any atom is -0.336 e. The highest BCUT2D eigenvalue weighted by Gasteiger charge is 2.30. The second-order valence-corrected chi connectivity index (χ2v) is 10.4.